The summed E-state index contributed by atoms with van der Waals surface area (Å²) < 4.78 is 67.5. The van der Waals surface area contributed by atoms with Gasteiger partial charge in [-0.05, 0) is 49.1 Å². The number of alkyl halides is 3. The zero-order chi connectivity index (χ0) is 32.8. The molecule has 7 rings (SSSR count). The molecule has 0 unspecified atom stereocenters. The normalized spacial score (nSPS) is 19.3. The van der Waals surface area contributed by atoms with Gasteiger partial charge in [-0.2, -0.15) is 13.2 Å². The molecule has 4 aromatic heterocycles. The second-order valence-electron chi connectivity index (χ2n) is 12.2. The maximum Gasteiger partial charge on any atom is 0.451 e. The number of piperidine rings is 1. The van der Waals surface area contributed by atoms with Crippen LogP contribution < -0.4 is 4.74 Å². The third-order valence-corrected chi connectivity index (χ3v) is 10.0. The van der Waals surface area contributed by atoms with E-state index in [2.05, 4.69) is 34.6 Å². The number of H-pyrrole nitrogens is 1. The van der Waals surface area contributed by atoms with Crippen molar-refractivity contribution in [3.8, 4) is 17.4 Å². The topological polar surface area (TPSA) is 107 Å². The van der Waals surface area contributed by atoms with Gasteiger partial charge in [0.05, 0.1) is 34.0 Å². The summed E-state index contributed by atoms with van der Waals surface area (Å²) in [6.45, 7) is 3.51. The maximum absolute atomic E-state index is 13.9. The molecule has 47 heavy (non-hydrogen) atoms. The van der Waals surface area contributed by atoms with Crippen LogP contribution in [-0.4, -0.2) is 80.9 Å². The number of nitrogens with one attached hydrogen (secondary N) is 1. The molecule has 2 fully saturated rings. The largest absolute Gasteiger partial charge is 0.474 e. The Labute approximate surface area is 274 Å². The Bertz CT molecular complexity index is 1910. The fourth-order valence-corrected chi connectivity index (χ4v) is 6.79. The summed E-state index contributed by atoms with van der Waals surface area (Å²) >= 11 is 5.81. The van der Waals surface area contributed by atoms with Crippen molar-refractivity contribution in [1.29, 1.82) is 0 Å². The SMILES string of the molecule is Fc1cc(Cc2cccc(OC3CCN(Cc4nc5cc(-c6nnc(C(F)(F)F)[nH]6)ncc5n4C[C@]4([SiH3])CCO4)CC3)n2)ccc1Cl. The van der Waals surface area contributed by atoms with E-state index in [4.69, 9.17) is 26.1 Å². The Morgan fingerprint density at radius 3 is 2.62 bits per heavy atom. The Morgan fingerprint density at radius 1 is 1.11 bits per heavy atom. The van der Waals surface area contributed by atoms with Crippen molar-refractivity contribution in [2.75, 3.05) is 19.7 Å². The first kappa shape index (κ1) is 31.7. The number of aromatic nitrogens is 7. The summed E-state index contributed by atoms with van der Waals surface area (Å²) in [5, 5.41) is 6.77. The van der Waals surface area contributed by atoms with Gasteiger partial charge in [0.15, 0.2) is 5.82 Å². The van der Waals surface area contributed by atoms with E-state index in [1.165, 1.54) is 6.07 Å². The first-order valence-corrected chi connectivity index (χ1v) is 16.7. The highest BCUT2D eigenvalue weighted by Gasteiger charge is 2.36. The molecule has 0 spiro atoms. The Hall–Kier alpha value is -3.92. The number of nitrogens with zero attached hydrogens (tertiary/aromatic N) is 7. The lowest BCUT2D eigenvalue weighted by molar-refractivity contribution is -0.144. The van der Waals surface area contributed by atoms with Gasteiger partial charge in [-0.1, -0.05) is 23.7 Å². The van der Waals surface area contributed by atoms with E-state index in [0.717, 1.165) is 71.8 Å². The molecule has 5 aromatic rings. The predicted molar refractivity (Wildman–Crippen MR) is 169 cm³/mol. The molecule has 10 nitrogen and oxygen atoms in total. The third kappa shape index (κ3) is 7.03. The molecule has 0 aliphatic carbocycles. The van der Waals surface area contributed by atoms with E-state index >= 15 is 0 Å². The van der Waals surface area contributed by atoms with Crippen molar-refractivity contribution in [2.24, 2.45) is 0 Å². The second kappa shape index (κ2) is 12.6. The standard InChI is InChI=1S/C31H31ClF4N8O2Si/c32-21-5-4-18(13-22(21)33)12-19-2-1-3-27(38-19)46-20-6-9-43(10-7-20)16-26-39-23-14-24(28-40-29(42-41-28)31(34,35)36)37-15-25(23)44(26)17-30(47)8-11-45-30/h1-5,13-15,20H,6-12,16-17H2,47H3,(H,40,41,42)/t30-/m1/s1. The van der Waals surface area contributed by atoms with E-state index in [-0.39, 0.29) is 27.9 Å². The number of halogens is 5. The highest BCUT2D eigenvalue weighted by Crippen LogP contribution is 2.31. The molecule has 16 heteroatoms. The van der Waals surface area contributed by atoms with Crippen molar-refractivity contribution >= 4 is 32.9 Å². The Morgan fingerprint density at radius 2 is 1.91 bits per heavy atom. The second-order valence-corrected chi connectivity index (χ2v) is 14.5. The summed E-state index contributed by atoms with van der Waals surface area (Å²) in [6.07, 6.45) is 0.000292. The zero-order valence-electron chi connectivity index (χ0n) is 25.4. The van der Waals surface area contributed by atoms with Crippen molar-refractivity contribution in [2.45, 2.75) is 56.3 Å². The molecule has 6 heterocycles. The molecule has 0 radical (unpaired) electrons. The number of ether oxygens (including phenoxy) is 2. The number of pyridine rings is 2. The number of aromatic amines is 1. The molecular formula is C31H31ClF4N8O2Si. The lowest BCUT2D eigenvalue weighted by Crippen LogP contribution is -2.48. The first-order valence-electron chi connectivity index (χ1n) is 15.3. The molecular weight excluding hydrogens is 656 g/mol. The minimum absolute atomic E-state index is 0.00988. The highest BCUT2D eigenvalue weighted by atomic mass is 35.5. The molecule has 1 atom stereocenters. The van der Waals surface area contributed by atoms with E-state index in [9.17, 15) is 17.6 Å². The number of hydrogen-bond acceptors (Lipinski definition) is 8. The number of likely N-dealkylation sites (tertiary alicyclic amines) is 1. The van der Waals surface area contributed by atoms with Gasteiger partial charge in [0.1, 0.15) is 23.4 Å². The fourth-order valence-electron chi connectivity index (χ4n) is 5.95. The number of hydrogen-bond donors (Lipinski definition) is 1. The van der Waals surface area contributed by atoms with Crippen LogP contribution in [0.15, 0.2) is 48.7 Å². The van der Waals surface area contributed by atoms with Crippen LogP contribution in [0.4, 0.5) is 17.6 Å². The molecule has 2 aliphatic heterocycles. The van der Waals surface area contributed by atoms with Gasteiger partial charge in [-0.15, -0.1) is 10.2 Å². The van der Waals surface area contributed by atoms with Gasteiger partial charge in [0.2, 0.25) is 11.7 Å². The summed E-state index contributed by atoms with van der Waals surface area (Å²) in [7, 11) is 0.841. The van der Waals surface area contributed by atoms with Crippen molar-refractivity contribution in [3.05, 3.63) is 82.4 Å². The lowest BCUT2D eigenvalue weighted by Gasteiger charge is -2.40. The van der Waals surface area contributed by atoms with Crippen LogP contribution in [0.3, 0.4) is 0 Å². The Balaban J connectivity index is 1.03. The van der Waals surface area contributed by atoms with Crippen LogP contribution in [0.2, 0.25) is 5.02 Å². The molecule has 1 N–H and O–H groups in total. The zero-order valence-corrected chi connectivity index (χ0v) is 28.2. The molecule has 2 aliphatic rings. The Kier molecular flexibility index (Phi) is 8.49. The molecule has 2 saturated heterocycles. The average Bonchev–Trinajstić information content (AvgIpc) is 3.65. The average molecular weight is 687 g/mol. The summed E-state index contributed by atoms with van der Waals surface area (Å²) in [4.78, 5) is 18.5. The predicted octanol–water partition coefficient (Wildman–Crippen LogP) is 4.54. The lowest BCUT2D eigenvalue weighted by atomic mass is 10.1. The highest BCUT2D eigenvalue weighted by molar-refractivity contribution is 6.30. The van der Waals surface area contributed by atoms with Gasteiger partial charge < -0.3 is 19.0 Å². The fraction of sp³-hybridized carbons (Fsp3) is 0.387. The molecule has 0 saturated carbocycles. The number of benzene rings is 1. The monoisotopic (exact) mass is 686 g/mol. The summed E-state index contributed by atoms with van der Waals surface area (Å²) in [5.74, 6) is -0.329. The quantitative estimate of drug-likeness (QED) is 0.178. The van der Waals surface area contributed by atoms with E-state index in [0.29, 0.717) is 30.9 Å². The van der Waals surface area contributed by atoms with E-state index < -0.39 is 17.8 Å². The van der Waals surface area contributed by atoms with Crippen molar-refractivity contribution in [3.63, 3.8) is 0 Å². The smallest absolute Gasteiger partial charge is 0.451 e. The van der Waals surface area contributed by atoms with Gasteiger partial charge >= 0.3 is 6.18 Å². The van der Waals surface area contributed by atoms with Crippen LogP contribution in [0, 0.1) is 5.82 Å². The van der Waals surface area contributed by atoms with Crippen LogP contribution >= 0.6 is 11.6 Å². The third-order valence-electron chi connectivity index (χ3n) is 8.62. The van der Waals surface area contributed by atoms with Crippen LogP contribution in [0.5, 0.6) is 5.88 Å². The van der Waals surface area contributed by atoms with Gasteiger partial charge in [0, 0.05) is 54.7 Å². The molecule has 1 aromatic carbocycles. The molecule has 0 bridgehead atoms. The molecule has 246 valence electrons. The number of rotatable bonds is 9. The molecule has 0 amide bonds. The van der Waals surface area contributed by atoms with Gasteiger partial charge in [0.25, 0.3) is 0 Å². The van der Waals surface area contributed by atoms with Crippen molar-refractivity contribution < 1.29 is 27.0 Å². The summed E-state index contributed by atoms with van der Waals surface area (Å²) in [5.41, 5.74) is 3.18. The summed E-state index contributed by atoms with van der Waals surface area (Å²) in [6, 6.07) is 12.0. The van der Waals surface area contributed by atoms with Crippen LogP contribution in [0.25, 0.3) is 22.6 Å². The minimum atomic E-state index is -4.63. The van der Waals surface area contributed by atoms with Crippen LogP contribution in [0.1, 0.15) is 42.2 Å². The van der Waals surface area contributed by atoms with Gasteiger partial charge in [-0.3, -0.25) is 9.88 Å². The number of imidazole rings is 1. The first-order chi connectivity index (χ1) is 22.5. The van der Waals surface area contributed by atoms with Gasteiger partial charge in [-0.25, -0.2) is 14.4 Å². The van der Waals surface area contributed by atoms with Crippen LogP contribution in [-0.2, 0) is 30.4 Å². The minimum Gasteiger partial charge on any atom is -0.474 e. The van der Waals surface area contributed by atoms with E-state index in [1.54, 1.807) is 24.4 Å². The maximum atomic E-state index is 13.9. The number of fused-ring (bicyclic) bond motifs is 1. The van der Waals surface area contributed by atoms with E-state index in [1.807, 2.05) is 18.2 Å². The van der Waals surface area contributed by atoms with Crippen molar-refractivity contribution in [1.82, 2.24) is 39.6 Å².